The molecule has 0 radical (unpaired) electrons. The van der Waals surface area contributed by atoms with Crippen LogP contribution in [-0.4, -0.2) is 57.3 Å². The summed E-state index contributed by atoms with van der Waals surface area (Å²) in [7, 11) is -6.13. The first kappa shape index (κ1) is 20.6. The first-order chi connectivity index (χ1) is 12.0. The Kier molecular flexibility index (Phi) is 5.93. The van der Waals surface area contributed by atoms with Crippen LogP contribution in [0.1, 0.15) is 20.3 Å². The monoisotopic (exact) mass is 406 g/mol. The van der Waals surface area contributed by atoms with Crippen molar-refractivity contribution in [1.29, 1.82) is 0 Å². The maximum atomic E-state index is 13.1. The number of methoxy groups -OCH3 is 1. The normalized spacial score (nSPS) is 19.8. The highest BCUT2D eigenvalue weighted by molar-refractivity contribution is 7.92. The van der Waals surface area contributed by atoms with Crippen molar-refractivity contribution in [3.05, 3.63) is 28.3 Å². The highest BCUT2D eigenvalue weighted by atomic mass is 32.2. The standard InChI is InChI=1S/C15H22N2O7S2/c1-11(2)9-16(12-6-7-25(20,21)10-12)26(22,23)13-4-5-15(24-3)14(8-13)17(18)19/h4-5,8,11-12H,6-7,9-10H2,1-3H3. The molecule has 0 aliphatic carbocycles. The van der Waals surface area contributed by atoms with Gasteiger partial charge in [0.05, 0.1) is 28.4 Å². The summed E-state index contributed by atoms with van der Waals surface area (Å²) < 4.78 is 55.9. The van der Waals surface area contributed by atoms with Crippen molar-refractivity contribution >= 4 is 25.5 Å². The molecule has 0 bridgehead atoms. The summed E-state index contributed by atoms with van der Waals surface area (Å²) in [4.78, 5) is 10.2. The molecule has 0 saturated carbocycles. The molecule has 146 valence electrons. The highest BCUT2D eigenvalue weighted by Gasteiger charge is 2.39. The van der Waals surface area contributed by atoms with Gasteiger partial charge in [-0.15, -0.1) is 0 Å². The van der Waals surface area contributed by atoms with Gasteiger partial charge in [0, 0.05) is 18.7 Å². The Morgan fingerprint density at radius 1 is 1.38 bits per heavy atom. The van der Waals surface area contributed by atoms with E-state index in [2.05, 4.69) is 0 Å². The van der Waals surface area contributed by atoms with Crippen LogP contribution in [0.25, 0.3) is 0 Å². The highest BCUT2D eigenvalue weighted by Crippen LogP contribution is 2.32. The molecule has 1 atom stereocenters. The second kappa shape index (κ2) is 7.49. The molecule has 2 rings (SSSR count). The van der Waals surface area contributed by atoms with Crippen molar-refractivity contribution in [2.75, 3.05) is 25.2 Å². The summed E-state index contributed by atoms with van der Waals surface area (Å²) in [6.07, 6.45) is 0.215. The van der Waals surface area contributed by atoms with E-state index in [0.717, 1.165) is 10.4 Å². The molecular formula is C15H22N2O7S2. The SMILES string of the molecule is COc1ccc(S(=O)(=O)N(CC(C)C)C2CCS(=O)(=O)C2)cc1[N+](=O)[O-]. The molecular weight excluding hydrogens is 384 g/mol. The fourth-order valence-corrected chi connectivity index (χ4v) is 6.58. The Balaban J connectivity index is 2.50. The average molecular weight is 406 g/mol. The van der Waals surface area contributed by atoms with Crippen molar-refractivity contribution in [3.8, 4) is 5.75 Å². The summed E-state index contributed by atoms with van der Waals surface area (Å²) in [5.74, 6) is -0.393. The number of nitro groups is 1. The fourth-order valence-electron chi connectivity index (χ4n) is 2.91. The summed E-state index contributed by atoms with van der Waals surface area (Å²) in [5, 5.41) is 11.2. The van der Waals surface area contributed by atoms with Crippen LogP contribution in [-0.2, 0) is 19.9 Å². The zero-order valence-electron chi connectivity index (χ0n) is 14.8. The molecule has 0 aromatic heterocycles. The molecule has 26 heavy (non-hydrogen) atoms. The first-order valence-electron chi connectivity index (χ1n) is 8.02. The van der Waals surface area contributed by atoms with Crippen LogP contribution in [0, 0.1) is 16.0 Å². The Morgan fingerprint density at radius 2 is 2.04 bits per heavy atom. The first-order valence-corrected chi connectivity index (χ1v) is 11.3. The summed E-state index contributed by atoms with van der Waals surface area (Å²) in [5.41, 5.74) is -0.461. The number of hydrogen-bond acceptors (Lipinski definition) is 7. The summed E-state index contributed by atoms with van der Waals surface area (Å²) in [6.45, 7) is 3.77. The number of nitrogens with zero attached hydrogens (tertiary/aromatic N) is 2. The van der Waals surface area contributed by atoms with Gasteiger partial charge in [-0.3, -0.25) is 10.1 Å². The van der Waals surface area contributed by atoms with Gasteiger partial charge in [-0.25, -0.2) is 16.8 Å². The quantitative estimate of drug-likeness (QED) is 0.495. The van der Waals surface area contributed by atoms with Crippen molar-refractivity contribution in [3.63, 3.8) is 0 Å². The predicted molar refractivity (Wildman–Crippen MR) is 95.4 cm³/mol. The molecule has 1 aromatic carbocycles. The van der Waals surface area contributed by atoms with Gasteiger partial charge in [0.1, 0.15) is 0 Å². The minimum atomic E-state index is -4.10. The van der Waals surface area contributed by atoms with E-state index in [0.29, 0.717) is 0 Å². The molecule has 11 heteroatoms. The van der Waals surface area contributed by atoms with Gasteiger partial charge in [-0.2, -0.15) is 4.31 Å². The van der Waals surface area contributed by atoms with Crippen LogP contribution in [0.2, 0.25) is 0 Å². The van der Waals surface area contributed by atoms with E-state index in [-0.39, 0.29) is 41.0 Å². The van der Waals surface area contributed by atoms with Gasteiger partial charge in [0.2, 0.25) is 10.0 Å². The van der Waals surface area contributed by atoms with Crippen LogP contribution in [0.15, 0.2) is 23.1 Å². The van der Waals surface area contributed by atoms with Gasteiger partial charge in [0.15, 0.2) is 15.6 Å². The largest absolute Gasteiger partial charge is 0.490 e. The number of benzene rings is 1. The number of sulfonamides is 1. The third kappa shape index (κ3) is 4.33. The maximum Gasteiger partial charge on any atom is 0.312 e. The molecule has 1 aromatic rings. The number of hydrogen-bond donors (Lipinski definition) is 0. The molecule has 1 heterocycles. The molecule has 1 unspecified atom stereocenters. The summed E-state index contributed by atoms with van der Waals surface area (Å²) >= 11 is 0. The predicted octanol–water partition coefficient (Wildman–Crippen LogP) is 1.44. The second-order valence-corrected chi connectivity index (χ2v) is 10.7. The van der Waals surface area contributed by atoms with Crippen LogP contribution >= 0.6 is 0 Å². The third-order valence-electron chi connectivity index (χ3n) is 4.11. The van der Waals surface area contributed by atoms with E-state index >= 15 is 0 Å². The van der Waals surface area contributed by atoms with E-state index < -0.39 is 36.5 Å². The van der Waals surface area contributed by atoms with Crippen molar-refractivity contribution < 1.29 is 26.5 Å². The van der Waals surface area contributed by atoms with Gasteiger partial charge < -0.3 is 4.74 Å². The molecule has 9 nitrogen and oxygen atoms in total. The zero-order valence-corrected chi connectivity index (χ0v) is 16.4. The molecule has 0 spiro atoms. The van der Waals surface area contributed by atoms with Crippen molar-refractivity contribution in [1.82, 2.24) is 4.31 Å². The van der Waals surface area contributed by atoms with Gasteiger partial charge in [0.25, 0.3) is 0 Å². The Morgan fingerprint density at radius 3 is 2.50 bits per heavy atom. The minimum Gasteiger partial charge on any atom is -0.490 e. The number of nitro benzene ring substituents is 1. The van der Waals surface area contributed by atoms with E-state index in [9.17, 15) is 26.9 Å². The number of sulfone groups is 1. The van der Waals surface area contributed by atoms with Crippen LogP contribution in [0.3, 0.4) is 0 Å². The Bertz CT molecular complexity index is 895. The van der Waals surface area contributed by atoms with Crippen molar-refractivity contribution in [2.45, 2.75) is 31.2 Å². The minimum absolute atomic E-state index is 0.0405. The number of rotatable bonds is 7. The molecule has 1 aliphatic rings. The van der Waals surface area contributed by atoms with Gasteiger partial charge in [-0.05, 0) is 24.5 Å². The lowest BCUT2D eigenvalue weighted by molar-refractivity contribution is -0.386. The average Bonchev–Trinajstić information content (AvgIpc) is 2.91. The van der Waals surface area contributed by atoms with Crippen LogP contribution < -0.4 is 4.74 Å². The van der Waals surface area contributed by atoms with Gasteiger partial charge >= 0.3 is 5.69 Å². The molecule has 1 aliphatic heterocycles. The van der Waals surface area contributed by atoms with Crippen LogP contribution in [0.5, 0.6) is 5.75 Å². The lowest BCUT2D eigenvalue weighted by Crippen LogP contribution is -2.43. The van der Waals surface area contributed by atoms with Crippen molar-refractivity contribution in [2.24, 2.45) is 5.92 Å². The van der Waals surface area contributed by atoms with Crippen LogP contribution in [0.4, 0.5) is 5.69 Å². The smallest absolute Gasteiger partial charge is 0.312 e. The van der Waals surface area contributed by atoms with E-state index in [1.807, 2.05) is 13.8 Å². The third-order valence-corrected chi connectivity index (χ3v) is 7.78. The number of ether oxygens (including phenoxy) is 1. The Hall–Kier alpha value is -1.72. The van der Waals surface area contributed by atoms with E-state index in [1.54, 1.807) is 0 Å². The molecule has 1 saturated heterocycles. The maximum absolute atomic E-state index is 13.1. The molecule has 0 amide bonds. The van der Waals surface area contributed by atoms with E-state index in [1.165, 1.54) is 19.2 Å². The van der Waals surface area contributed by atoms with E-state index in [4.69, 9.17) is 4.74 Å². The molecule has 1 fully saturated rings. The lowest BCUT2D eigenvalue weighted by atomic mass is 10.2. The zero-order chi connectivity index (χ0) is 19.7. The molecule has 0 N–H and O–H groups in total. The lowest BCUT2D eigenvalue weighted by Gasteiger charge is -2.28. The Labute approximate surface area is 153 Å². The second-order valence-electron chi connectivity index (χ2n) is 6.62. The topological polar surface area (TPSA) is 124 Å². The van der Waals surface area contributed by atoms with Gasteiger partial charge in [-0.1, -0.05) is 13.8 Å². The summed E-state index contributed by atoms with van der Waals surface area (Å²) in [6, 6.07) is 2.74. The fraction of sp³-hybridized carbons (Fsp3) is 0.600.